The number of halogens is 2. The van der Waals surface area contributed by atoms with Crippen LogP contribution in [0.25, 0.3) is 6.08 Å². The number of hydrogen-bond acceptors (Lipinski definition) is 3. The van der Waals surface area contributed by atoms with E-state index < -0.39 is 6.61 Å². The normalized spacial score (nSPS) is 16.0. The summed E-state index contributed by atoms with van der Waals surface area (Å²) in [6.07, 6.45) is 5.37. The van der Waals surface area contributed by atoms with Gasteiger partial charge in [-0.2, -0.15) is 8.78 Å². The van der Waals surface area contributed by atoms with Crippen LogP contribution in [0, 0.1) is 5.92 Å². The number of benzene rings is 1. The Hall–Kier alpha value is -1.95. The molecule has 1 aromatic carbocycles. The second-order valence-electron chi connectivity index (χ2n) is 5.21. The van der Waals surface area contributed by atoms with Crippen molar-refractivity contribution in [2.24, 2.45) is 5.92 Å². The molecule has 1 aliphatic carbocycles. The van der Waals surface area contributed by atoms with Gasteiger partial charge in [-0.05, 0) is 37.3 Å². The molecule has 4 nitrogen and oxygen atoms in total. The first kappa shape index (κ1) is 16.4. The van der Waals surface area contributed by atoms with Gasteiger partial charge in [0, 0.05) is 24.3 Å². The van der Waals surface area contributed by atoms with Crippen molar-refractivity contribution in [2.75, 3.05) is 6.61 Å². The Morgan fingerprint density at radius 1 is 1.41 bits per heavy atom. The highest BCUT2D eigenvalue weighted by atomic mass is 19.3. The number of para-hydroxylation sites is 1. The van der Waals surface area contributed by atoms with Crippen LogP contribution in [0.3, 0.4) is 0 Å². The van der Waals surface area contributed by atoms with Crippen LogP contribution in [0.15, 0.2) is 30.3 Å². The first-order valence-electron chi connectivity index (χ1n) is 7.23. The third-order valence-electron chi connectivity index (χ3n) is 3.51. The molecule has 0 aromatic heterocycles. The molecule has 22 heavy (non-hydrogen) atoms. The lowest BCUT2D eigenvalue weighted by molar-refractivity contribution is -0.117. The van der Waals surface area contributed by atoms with E-state index in [1.165, 1.54) is 18.2 Å². The molecular formula is C16H19F2NO3. The first-order chi connectivity index (χ1) is 10.6. The van der Waals surface area contributed by atoms with Gasteiger partial charge in [-0.15, -0.1) is 0 Å². The van der Waals surface area contributed by atoms with Crippen LogP contribution in [-0.2, 0) is 4.79 Å². The van der Waals surface area contributed by atoms with E-state index in [0.29, 0.717) is 17.9 Å². The summed E-state index contributed by atoms with van der Waals surface area (Å²) in [5.74, 6) is 0.145. The number of amides is 1. The number of carbonyl (C=O) groups excluding carboxylic acids is 1. The summed E-state index contributed by atoms with van der Waals surface area (Å²) in [5, 5.41) is 11.8. The van der Waals surface area contributed by atoms with Crippen LogP contribution in [0.2, 0.25) is 0 Å². The van der Waals surface area contributed by atoms with Gasteiger partial charge in [0.05, 0.1) is 0 Å². The fourth-order valence-electron chi connectivity index (χ4n) is 2.28. The van der Waals surface area contributed by atoms with Gasteiger partial charge >= 0.3 is 6.61 Å². The molecule has 0 radical (unpaired) electrons. The molecule has 1 aliphatic rings. The molecule has 1 atom stereocenters. The molecule has 6 heteroatoms. The van der Waals surface area contributed by atoms with Crippen LogP contribution in [0.5, 0.6) is 5.75 Å². The minimum atomic E-state index is -2.91. The molecule has 0 saturated heterocycles. The monoisotopic (exact) mass is 311 g/mol. The summed E-state index contributed by atoms with van der Waals surface area (Å²) in [5.41, 5.74) is 0.406. The average Bonchev–Trinajstić information content (AvgIpc) is 3.30. The van der Waals surface area contributed by atoms with E-state index in [-0.39, 0.29) is 24.3 Å². The van der Waals surface area contributed by atoms with E-state index >= 15 is 0 Å². The predicted octanol–water partition coefficient (Wildman–Crippen LogP) is 2.58. The number of rotatable bonds is 8. The Morgan fingerprint density at radius 3 is 2.77 bits per heavy atom. The highest BCUT2D eigenvalue weighted by Gasteiger charge is 2.31. The van der Waals surface area contributed by atoms with Gasteiger partial charge in [-0.25, -0.2) is 0 Å². The number of hydrogen-bond donors (Lipinski definition) is 2. The quantitative estimate of drug-likeness (QED) is 0.726. The van der Waals surface area contributed by atoms with Gasteiger partial charge in [-0.1, -0.05) is 18.2 Å². The molecule has 0 bridgehead atoms. The molecule has 1 fully saturated rings. The molecule has 1 amide bonds. The van der Waals surface area contributed by atoms with Crippen molar-refractivity contribution in [3.05, 3.63) is 35.9 Å². The van der Waals surface area contributed by atoms with Gasteiger partial charge in [-0.3, -0.25) is 4.79 Å². The van der Waals surface area contributed by atoms with Crippen molar-refractivity contribution in [1.82, 2.24) is 5.32 Å². The van der Waals surface area contributed by atoms with Gasteiger partial charge in [0.25, 0.3) is 0 Å². The zero-order valence-electron chi connectivity index (χ0n) is 12.0. The maximum absolute atomic E-state index is 12.3. The van der Waals surface area contributed by atoms with Crippen LogP contribution in [0.1, 0.15) is 24.8 Å². The second-order valence-corrected chi connectivity index (χ2v) is 5.21. The summed E-state index contributed by atoms with van der Waals surface area (Å²) in [6, 6.07) is 6.24. The standard InChI is InChI=1S/C16H19F2NO3/c17-16(18)22-14-4-2-1-3-12(14)7-8-15(21)19-13(9-10-20)11-5-6-11/h1-4,7-8,11,13,16,20H,5-6,9-10H2,(H,19,21)/b8-7+. The van der Waals surface area contributed by atoms with E-state index in [9.17, 15) is 13.6 Å². The molecule has 1 aromatic rings. The van der Waals surface area contributed by atoms with Crippen LogP contribution in [-0.4, -0.2) is 30.3 Å². The average molecular weight is 311 g/mol. The molecule has 0 heterocycles. The van der Waals surface area contributed by atoms with Crippen molar-refractivity contribution in [2.45, 2.75) is 31.9 Å². The lowest BCUT2D eigenvalue weighted by Crippen LogP contribution is -2.36. The maximum atomic E-state index is 12.3. The van der Waals surface area contributed by atoms with Gasteiger partial charge in [0.1, 0.15) is 5.75 Å². The molecule has 1 saturated carbocycles. The third-order valence-corrected chi connectivity index (χ3v) is 3.51. The van der Waals surface area contributed by atoms with Crippen LogP contribution >= 0.6 is 0 Å². The van der Waals surface area contributed by atoms with E-state index in [1.807, 2.05) is 0 Å². The number of aliphatic hydroxyl groups is 1. The fraction of sp³-hybridized carbons (Fsp3) is 0.438. The second kappa shape index (κ2) is 7.89. The highest BCUT2D eigenvalue weighted by Crippen LogP contribution is 2.33. The Labute approximate surface area is 127 Å². The van der Waals surface area contributed by atoms with Gasteiger partial charge in [0.2, 0.25) is 5.91 Å². The van der Waals surface area contributed by atoms with Crippen molar-refractivity contribution >= 4 is 12.0 Å². The number of aliphatic hydroxyl groups excluding tert-OH is 1. The minimum absolute atomic E-state index is 0.0238. The zero-order chi connectivity index (χ0) is 15.9. The summed E-state index contributed by atoms with van der Waals surface area (Å²) in [4.78, 5) is 11.9. The first-order valence-corrected chi connectivity index (χ1v) is 7.23. The van der Waals surface area contributed by atoms with E-state index in [0.717, 1.165) is 12.8 Å². The fourth-order valence-corrected chi connectivity index (χ4v) is 2.28. The third kappa shape index (κ3) is 5.11. The van der Waals surface area contributed by atoms with Crippen molar-refractivity contribution in [3.63, 3.8) is 0 Å². The summed E-state index contributed by atoms with van der Waals surface area (Å²) < 4.78 is 29.0. The Morgan fingerprint density at radius 2 is 2.14 bits per heavy atom. The minimum Gasteiger partial charge on any atom is -0.434 e. The lowest BCUT2D eigenvalue weighted by Gasteiger charge is -2.15. The molecule has 2 rings (SSSR count). The summed E-state index contributed by atoms with van der Waals surface area (Å²) in [7, 11) is 0. The molecule has 0 aliphatic heterocycles. The van der Waals surface area contributed by atoms with Crippen LogP contribution < -0.4 is 10.1 Å². The number of alkyl halides is 2. The topological polar surface area (TPSA) is 58.6 Å². The maximum Gasteiger partial charge on any atom is 0.387 e. The van der Waals surface area contributed by atoms with Gasteiger partial charge in [0.15, 0.2) is 0 Å². The molecule has 0 spiro atoms. The number of nitrogens with one attached hydrogen (secondary N) is 1. The molecule has 120 valence electrons. The Kier molecular flexibility index (Phi) is 5.89. The van der Waals surface area contributed by atoms with Crippen molar-refractivity contribution in [1.29, 1.82) is 0 Å². The molecular weight excluding hydrogens is 292 g/mol. The Bertz CT molecular complexity index is 530. The van der Waals surface area contributed by atoms with Crippen molar-refractivity contribution in [3.8, 4) is 5.75 Å². The SMILES string of the molecule is O=C(/C=C/c1ccccc1OC(F)F)NC(CCO)C1CC1. The van der Waals surface area contributed by atoms with E-state index in [2.05, 4.69) is 10.1 Å². The van der Waals surface area contributed by atoms with Crippen molar-refractivity contribution < 1.29 is 23.4 Å². The predicted molar refractivity (Wildman–Crippen MR) is 78.5 cm³/mol. The summed E-state index contributed by atoms with van der Waals surface area (Å²) >= 11 is 0. The number of carbonyl (C=O) groups is 1. The Balaban J connectivity index is 1.97. The smallest absolute Gasteiger partial charge is 0.387 e. The number of ether oxygens (including phenoxy) is 1. The molecule has 1 unspecified atom stereocenters. The zero-order valence-corrected chi connectivity index (χ0v) is 12.0. The molecule has 2 N–H and O–H groups in total. The largest absolute Gasteiger partial charge is 0.434 e. The van der Waals surface area contributed by atoms with E-state index in [1.54, 1.807) is 18.2 Å². The van der Waals surface area contributed by atoms with E-state index in [4.69, 9.17) is 5.11 Å². The van der Waals surface area contributed by atoms with Gasteiger partial charge < -0.3 is 15.2 Å². The van der Waals surface area contributed by atoms with Crippen LogP contribution in [0.4, 0.5) is 8.78 Å². The summed E-state index contributed by atoms with van der Waals surface area (Å²) in [6.45, 7) is -2.89. The lowest BCUT2D eigenvalue weighted by atomic mass is 10.1. The highest BCUT2D eigenvalue weighted by molar-refractivity contribution is 5.92.